The Morgan fingerprint density at radius 3 is 2.67 bits per heavy atom. The van der Waals surface area contributed by atoms with Gasteiger partial charge in [0.25, 0.3) is 11.6 Å². The van der Waals surface area contributed by atoms with Crippen molar-refractivity contribution >= 4 is 33.2 Å². The number of halogens is 2. The van der Waals surface area contributed by atoms with E-state index >= 15 is 0 Å². The number of rotatable bonds is 3. The van der Waals surface area contributed by atoms with Gasteiger partial charge in [0.1, 0.15) is 5.82 Å². The lowest BCUT2D eigenvalue weighted by Crippen LogP contribution is -2.14. The molecule has 108 valence electrons. The van der Waals surface area contributed by atoms with Crippen LogP contribution in [0.4, 0.5) is 15.8 Å². The van der Waals surface area contributed by atoms with Crippen molar-refractivity contribution in [3.05, 3.63) is 67.9 Å². The summed E-state index contributed by atoms with van der Waals surface area (Å²) in [5.74, 6) is -1.28. The molecule has 21 heavy (non-hydrogen) atoms. The van der Waals surface area contributed by atoms with Gasteiger partial charge in [0.05, 0.1) is 15.0 Å². The topological polar surface area (TPSA) is 72.2 Å². The Morgan fingerprint density at radius 2 is 2.05 bits per heavy atom. The molecule has 2 aromatic rings. The maximum Gasteiger partial charge on any atom is 0.272 e. The summed E-state index contributed by atoms with van der Waals surface area (Å²) in [6.45, 7) is 1.56. The number of carbonyl (C=O) groups is 1. The molecule has 0 heterocycles. The molecule has 0 aliphatic heterocycles. The minimum atomic E-state index is -0.659. The van der Waals surface area contributed by atoms with Gasteiger partial charge in [-0.15, -0.1) is 0 Å². The van der Waals surface area contributed by atoms with Gasteiger partial charge in [-0.2, -0.15) is 0 Å². The summed E-state index contributed by atoms with van der Waals surface area (Å²) in [6.07, 6.45) is 0. The minimum Gasteiger partial charge on any atom is -0.322 e. The zero-order valence-electron chi connectivity index (χ0n) is 10.9. The number of nitro benzene ring substituents is 1. The van der Waals surface area contributed by atoms with Crippen LogP contribution in [0.5, 0.6) is 0 Å². The van der Waals surface area contributed by atoms with Gasteiger partial charge in [-0.25, -0.2) is 4.39 Å². The number of carbonyl (C=O) groups excluding carboxylic acids is 1. The van der Waals surface area contributed by atoms with Crippen molar-refractivity contribution in [2.45, 2.75) is 6.92 Å². The number of hydrogen-bond donors (Lipinski definition) is 1. The predicted octanol–water partition coefficient (Wildman–Crippen LogP) is 4.06. The summed E-state index contributed by atoms with van der Waals surface area (Å²) in [5, 5.41) is 13.2. The lowest BCUT2D eigenvalue weighted by atomic mass is 10.1. The SMILES string of the molecule is Cc1cc(NC(=O)c2cccc(Br)c2F)ccc1[N+](=O)[O-]. The van der Waals surface area contributed by atoms with Gasteiger partial charge in [-0.3, -0.25) is 14.9 Å². The Morgan fingerprint density at radius 1 is 1.33 bits per heavy atom. The molecule has 2 aromatic carbocycles. The molecule has 0 fully saturated rings. The zero-order valence-corrected chi connectivity index (χ0v) is 12.5. The van der Waals surface area contributed by atoms with Crippen LogP contribution in [0.25, 0.3) is 0 Å². The highest BCUT2D eigenvalue weighted by molar-refractivity contribution is 9.10. The van der Waals surface area contributed by atoms with E-state index in [2.05, 4.69) is 21.2 Å². The van der Waals surface area contributed by atoms with Crippen LogP contribution in [0.2, 0.25) is 0 Å². The average Bonchev–Trinajstić information content (AvgIpc) is 2.41. The molecule has 0 radical (unpaired) electrons. The Balaban J connectivity index is 2.26. The van der Waals surface area contributed by atoms with Crippen molar-refractivity contribution in [1.29, 1.82) is 0 Å². The number of amides is 1. The zero-order chi connectivity index (χ0) is 15.6. The molecule has 5 nitrogen and oxygen atoms in total. The van der Waals surface area contributed by atoms with Crippen molar-refractivity contribution in [2.75, 3.05) is 5.32 Å². The molecule has 1 amide bonds. The highest BCUT2D eigenvalue weighted by Crippen LogP contribution is 2.23. The first kappa shape index (κ1) is 15.1. The minimum absolute atomic E-state index is 0.0402. The molecule has 0 saturated heterocycles. The van der Waals surface area contributed by atoms with Gasteiger partial charge < -0.3 is 5.32 Å². The van der Waals surface area contributed by atoms with Crippen LogP contribution in [-0.2, 0) is 0 Å². The summed E-state index contributed by atoms with van der Waals surface area (Å²) in [6, 6.07) is 8.55. The van der Waals surface area contributed by atoms with E-state index in [4.69, 9.17) is 0 Å². The first-order valence-corrected chi connectivity index (χ1v) is 6.70. The summed E-state index contributed by atoms with van der Waals surface area (Å²) >= 11 is 3.01. The van der Waals surface area contributed by atoms with Gasteiger partial charge in [-0.05, 0) is 47.1 Å². The quantitative estimate of drug-likeness (QED) is 0.668. The molecule has 0 bridgehead atoms. The standard InChI is InChI=1S/C14H10BrFN2O3/c1-8-7-9(5-6-12(8)18(20)21)17-14(19)10-3-2-4-11(15)13(10)16/h2-7H,1H3,(H,17,19). The lowest BCUT2D eigenvalue weighted by molar-refractivity contribution is -0.385. The second-order valence-electron chi connectivity index (χ2n) is 4.31. The van der Waals surface area contributed by atoms with Crippen LogP contribution >= 0.6 is 15.9 Å². The molecule has 7 heteroatoms. The number of nitrogens with zero attached hydrogens (tertiary/aromatic N) is 1. The van der Waals surface area contributed by atoms with Gasteiger partial charge >= 0.3 is 0 Å². The van der Waals surface area contributed by atoms with Crippen molar-refractivity contribution in [1.82, 2.24) is 0 Å². The molecule has 0 spiro atoms. The largest absolute Gasteiger partial charge is 0.322 e. The van der Waals surface area contributed by atoms with E-state index in [-0.39, 0.29) is 15.7 Å². The fourth-order valence-electron chi connectivity index (χ4n) is 1.82. The number of aryl methyl sites for hydroxylation is 1. The maximum absolute atomic E-state index is 13.8. The van der Waals surface area contributed by atoms with Crippen LogP contribution in [0.15, 0.2) is 40.9 Å². The van der Waals surface area contributed by atoms with Crippen molar-refractivity contribution in [3.63, 3.8) is 0 Å². The van der Waals surface area contributed by atoms with Crippen LogP contribution in [-0.4, -0.2) is 10.8 Å². The number of nitrogens with one attached hydrogen (secondary N) is 1. The average molecular weight is 353 g/mol. The van der Waals surface area contributed by atoms with E-state index in [1.54, 1.807) is 13.0 Å². The normalized spacial score (nSPS) is 10.2. The summed E-state index contributed by atoms with van der Waals surface area (Å²) in [4.78, 5) is 22.2. The second-order valence-corrected chi connectivity index (χ2v) is 5.17. The third-order valence-corrected chi connectivity index (χ3v) is 3.46. The number of hydrogen-bond acceptors (Lipinski definition) is 3. The summed E-state index contributed by atoms with van der Waals surface area (Å²) in [5.41, 5.74) is 0.622. The molecular weight excluding hydrogens is 343 g/mol. The predicted molar refractivity (Wildman–Crippen MR) is 79.9 cm³/mol. The molecule has 0 unspecified atom stereocenters. The van der Waals surface area contributed by atoms with Gasteiger partial charge in [0.2, 0.25) is 0 Å². The van der Waals surface area contributed by atoms with Crippen LogP contribution in [0.1, 0.15) is 15.9 Å². The smallest absolute Gasteiger partial charge is 0.272 e. The lowest BCUT2D eigenvalue weighted by Gasteiger charge is -2.08. The second kappa shape index (κ2) is 6.01. The van der Waals surface area contributed by atoms with Crippen molar-refractivity contribution in [3.8, 4) is 0 Å². The third kappa shape index (κ3) is 3.25. The number of anilines is 1. The van der Waals surface area contributed by atoms with Gasteiger partial charge in [0, 0.05) is 17.3 Å². The molecule has 0 aliphatic rings. The molecule has 0 aliphatic carbocycles. The Labute approximate surface area is 128 Å². The van der Waals surface area contributed by atoms with Crippen LogP contribution < -0.4 is 5.32 Å². The maximum atomic E-state index is 13.8. The van der Waals surface area contributed by atoms with E-state index in [1.807, 2.05) is 0 Å². The number of benzene rings is 2. The first-order valence-electron chi connectivity index (χ1n) is 5.90. The van der Waals surface area contributed by atoms with E-state index in [9.17, 15) is 19.3 Å². The fraction of sp³-hybridized carbons (Fsp3) is 0.0714. The molecular formula is C14H10BrFN2O3. The fourth-order valence-corrected chi connectivity index (χ4v) is 2.18. The monoisotopic (exact) mass is 352 g/mol. The highest BCUT2D eigenvalue weighted by atomic mass is 79.9. The van der Waals surface area contributed by atoms with E-state index in [1.165, 1.54) is 30.3 Å². The first-order chi connectivity index (χ1) is 9.90. The number of nitro groups is 1. The molecule has 0 aromatic heterocycles. The van der Waals surface area contributed by atoms with Crippen LogP contribution in [0, 0.1) is 22.9 Å². The van der Waals surface area contributed by atoms with Crippen molar-refractivity contribution < 1.29 is 14.1 Å². The Kier molecular flexibility index (Phi) is 4.32. The van der Waals surface area contributed by atoms with Crippen LogP contribution in [0.3, 0.4) is 0 Å². The van der Waals surface area contributed by atoms with Gasteiger partial charge in [-0.1, -0.05) is 6.07 Å². The third-order valence-electron chi connectivity index (χ3n) is 2.85. The summed E-state index contributed by atoms with van der Waals surface area (Å²) < 4.78 is 14.0. The Hall–Kier alpha value is -2.28. The highest BCUT2D eigenvalue weighted by Gasteiger charge is 2.15. The van der Waals surface area contributed by atoms with E-state index < -0.39 is 16.6 Å². The molecule has 2 rings (SSSR count). The van der Waals surface area contributed by atoms with E-state index in [0.717, 1.165) is 0 Å². The molecule has 0 atom stereocenters. The molecule has 1 N–H and O–H groups in total. The van der Waals surface area contributed by atoms with E-state index in [0.29, 0.717) is 11.3 Å². The van der Waals surface area contributed by atoms with Gasteiger partial charge in [0.15, 0.2) is 0 Å². The Bertz CT molecular complexity index is 734. The summed E-state index contributed by atoms with van der Waals surface area (Å²) in [7, 11) is 0. The van der Waals surface area contributed by atoms with Crippen molar-refractivity contribution in [2.24, 2.45) is 0 Å². The molecule has 0 saturated carbocycles.